The zero-order valence-electron chi connectivity index (χ0n) is 15.1. The molecular formula is C20H21N3O3S. The van der Waals surface area contributed by atoms with Crippen molar-refractivity contribution in [2.45, 2.75) is 12.8 Å². The highest BCUT2D eigenvalue weighted by Crippen LogP contribution is 2.25. The molecule has 4 N–H and O–H groups in total. The van der Waals surface area contributed by atoms with E-state index in [1.807, 2.05) is 25.1 Å². The first kappa shape index (κ1) is 18.7. The Bertz CT molecular complexity index is 1050. The Labute approximate surface area is 158 Å². The van der Waals surface area contributed by atoms with Gasteiger partial charge in [-0.3, -0.25) is 9.52 Å². The molecule has 140 valence electrons. The molecule has 0 radical (unpaired) electrons. The second-order valence-electron chi connectivity index (χ2n) is 6.50. The number of carbonyl (C=O) groups excluding carboxylic acids is 1. The van der Waals surface area contributed by atoms with E-state index in [4.69, 9.17) is 5.73 Å². The van der Waals surface area contributed by atoms with Crippen LogP contribution in [0.3, 0.4) is 0 Å². The number of carbonyl (C=O) groups is 1. The number of anilines is 2. The van der Waals surface area contributed by atoms with Gasteiger partial charge in [-0.2, -0.15) is 0 Å². The van der Waals surface area contributed by atoms with Gasteiger partial charge in [-0.05, 0) is 54.1 Å². The molecule has 27 heavy (non-hydrogen) atoms. The van der Waals surface area contributed by atoms with E-state index in [1.165, 1.54) is 0 Å². The van der Waals surface area contributed by atoms with Gasteiger partial charge in [0.25, 0.3) is 0 Å². The third-order valence-corrected chi connectivity index (χ3v) is 4.91. The summed E-state index contributed by atoms with van der Waals surface area (Å²) >= 11 is 0. The van der Waals surface area contributed by atoms with Gasteiger partial charge in [-0.15, -0.1) is 0 Å². The van der Waals surface area contributed by atoms with Crippen molar-refractivity contribution >= 4 is 27.2 Å². The van der Waals surface area contributed by atoms with Gasteiger partial charge in [0.15, 0.2) is 0 Å². The van der Waals surface area contributed by atoms with Crippen molar-refractivity contribution in [3.63, 3.8) is 0 Å². The van der Waals surface area contributed by atoms with E-state index < -0.39 is 10.0 Å². The minimum atomic E-state index is -3.30. The Hall–Kier alpha value is -3.06. The number of nitrogens with two attached hydrogens (primary N) is 1. The summed E-state index contributed by atoms with van der Waals surface area (Å²) < 4.78 is 25.0. The molecule has 3 aromatic rings. The third-order valence-electron chi connectivity index (χ3n) is 4.31. The molecule has 6 nitrogen and oxygen atoms in total. The monoisotopic (exact) mass is 383 g/mol. The van der Waals surface area contributed by atoms with Crippen LogP contribution in [0.25, 0.3) is 0 Å². The number of nitrogens with one attached hydrogen (secondary N) is 2. The lowest BCUT2D eigenvalue weighted by molar-refractivity contribution is 0.103. The van der Waals surface area contributed by atoms with Crippen LogP contribution in [0.15, 0.2) is 60.7 Å². The number of aromatic amines is 1. The molecule has 1 heterocycles. The van der Waals surface area contributed by atoms with Gasteiger partial charge in [0.1, 0.15) is 0 Å². The average molecular weight is 383 g/mol. The van der Waals surface area contributed by atoms with Crippen LogP contribution in [0, 0.1) is 0 Å². The molecule has 1 atom stereocenters. The summed E-state index contributed by atoms with van der Waals surface area (Å²) in [5, 5.41) is 0. The minimum absolute atomic E-state index is 0.0188. The van der Waals surface area contributed by atoms with Gasteiger partial charge in [-0.1, -0.05) is 19.1 Å². The molecule has 0 spiro atoms. The lowest BCUT2D eigenvalue weighted by Gasteiger charge is -2.12. The van der Waals surface area contributed by atoms with Crippen molar-refractivity contribution in [3.8, 4) is 0 Å². The normalized spacial score (nSPS) is 12.5. The van der Waals surface area contributed by atoms with Gasteiger partial charge in [0, 0.05) is 28.6 Å². The van der Waals surface area contributed by atoms with Gasteiger partial charge < -0.3 is 10.7 Å². The van der Waals surface area contributed by atoms with Crippen molar-refractivity contribution in [2.75, 3.05) is 16.7 Å². The largest absolute Gasteiger partial charge is 0.399 e. The van der Waals surface area contributed by atoms with E-state index in [-0.39, 0.29) is 11.7 Å². The van der Waals surface area contributed by atoms with Crippen molar-refractivity contribution in [3.05, 3.63) is 83.2 Å². The lowest BCUT2D eigenvalue weighted by Crippen LogP contribution is -2.09. The molecule has 0 aliphatic heterocycles. The molecule has 0 aliphatic carbocycles. The topological polar surface area (TPSA) is 105 Å². The Morgan fingerprint density at radius 1 is 1.00 bits per heavy atom. The number of aromatic nitrogens is 1. The first-order valence-corrected chi connectivity index (χ1v) is 10.3. The van der Waals surface area contributed by atoms with Crippen LogP contribution in [0.5, 0.6) is 0 Å². The summed E-state index contributed by atoms with van der Waals surface area (Å²) in [6.07, 6.45) is 1.11. The van der Waals surface area contributed by atoms with E-state index in [1.54, 1.807) is 42.5 Å². The molecule has 0 amide bonds. The summed E-state index contributed by atoms with van der Waals surface area (Å²) in [7, 11) is -3.30. The van der Waals surface area contributed by atoms with Crippen LogP contribution in [0.1, 0.15) is 40.2 Å². The molecule has 1 aromatic heterocycles. The highest BCUT2D eigenvalue weighted by atomic mass is 32.2. The average Bonchev–Trinajstić information content (AvgIpc) is 3.10. The summed E-state index contributed by atoms with van der Waals surface area (Å²) in [5.41, 5.74) is 9.77. The second-order valence-corrected chi connectivity index (χ2v) is 8.24. The molecule has 2 aromatic carbocycles. The van der Waals surface area contributed by atoms with Crippen LogP contribution >= 0.6 is 0 Å². The standard InChI is InChI=1S/C20H21N3O3S/c1-13(14-5-9-17(10-6-14)23-27(2,25)26)18-11-12-19(22-18)20(24)15-3-7-16(21)8-4-15/h3-13,22-23H,21H2,1-2H3. The summed E-state index contributed by atoms with van der Waals surface area (Å²) in [5.74, 6) is -0.0774. The smallest absolute Gasteiger partial charge is 0.229 e. The molecule has 7 heteroatoms. The number of rotatable bonds is 6. The molecular weight excluding hydrogens is 362 g/mol. The van der Waals surface area contributed by atoms with Gasteiger partial charge in [0.05, 0.1) is 11.9 Å². The zero-order chi connectivity index (χ0) is 19.6. The van der Waals surface area contributed by atoms with Gasteiger partial charge in [0.2, 0.25) is 15.8 Å². The van der Waals surface area contributed by atoms with Crippen LogP contribution in [-0.4, -0.2) is 25.4 Å². The van der Waals surface area contributed by atoms with Crippen LogP contribution < -0.4 is 10.5 Å². The fourth-order valence-corrected chi connectivity index (χ4v) is 3.38. The number of hydrogen-bond donors (Lipinski definition) is 3. The molecule has 1 unspecified atom stereocenters. The Kier molecular flexibility index (Phi) is 5.05. The van der Waals surface area contributed by atoms with Crippen molar-refractivity contribution in [1.82, 2.24) is 4.98 Å². The van der Waals surface area contributed by atoms with Crippen molar-refractivity contribution < 1.29 is 13.2 Å². The maximum Gasteiger partial charge on any atom is 0.229 e. The second kappa shape index (κ2) is 7.28. The molecule has 3 rings (SSSR count). The molecule has 0 saturated heterocycles. The lowest BCUT2D eigenvalue weighted by atomic mass is 9.98. The third kappa shape index (κ3) is 4.57. The quantitative estimate of drug-likeness (QED) is 0.448. The summed E-state index contributed by atoms with van der Waals surface area (Å²) in [6, 6.07) is 17.6. The van der Waals surface area contributed by atoms with Crippen molar-refractivity contribution in [2.24, 2.45) is 0 Å². The highest BCUT2D eigenvalue weighted by molar-refractivity contribution is 7.92. The fourth-order valence-electron chi connectivity index (χ4n) is 2.82. The van der Waals surface area contributed by atoms with Crippen LogP contribution in [0.2, 0.25) is 0 Å². The summed E-state index contributed by atoms with van der Waals surface area (Å²) in [4.78, 5) is 15.8. The van der Waals surface area contributed by atoms with E-state index in [2.05, 4.69) is 9.71 Å². The maximum atomic E-state index is 12.6. The Morgan fingerprint density at radius 3 is 2.22 bits per heavy atom. The first-order valence-electron chi connectivity index (χ1n) is 8.40. The number of hydrogen-bond acceptors (Lipinski definition) is 4. The van der Waals surface area contributed by atoms with Crippen LogP contribution in [0.4, 0.5) is 11.4 Å². The molecule has 0 aliphatic rings. The number of sulfonamides is 1. The summed E-state index contributed by atoms with van der Waals surface area (Å²) in [6.45, 7) is 2.02. The number of nitrogen functional groups attached to an aromatic ring is 1. The number of benzene rings is 2. The number of H-pyrrole nitrogens is 1. The Morgan fingerprint density at radius 2 is 1.63 bits per heavy atom. The minimum Gasteiger partial charge on any atom is -0.399 e. The molecule has 0 saturated carbocycles. The molecule has 0 bridgehead atoms. The zero-order valence-corrected chi connectivity index (χ0v) is 15.9. The first-order chi connectivity index (χ1) is 12.7. The predicted molar refractivity (Wildman–Crippen MR) is 108 cm³/mol. The predicted octanol–water partition coefficient (Wildman–Crippen LogP) is 3.35. The van der Waals surface area contributed by atoms with Crippen molar-refractivity contribution in [1.29, 1.82) is 0 Å². The van der Waals surface area contributed by atoms with Crippen LogP contribution in [-0.2, 0) is 10.0 Å². The molecule has 0 fully saturated rings. The fraction of sp³-hybridized carbons (Fsp3) is 0.150. The van der Waals surface area contributed by atoms with E-state index in [0.717, 1.165) is 17.5 Å². The van der Waals surface area contributed by atoms with E-state index in [9.17, 15) is 13.2 Å². The van der Waals surface area contributed by atoms with Gasteiger partial charge in [-0.25, -0.2) is 8.42 Å². The SMILES string of the molecule is CC(c1ccc(NS(C)(=O)=O)cc1)c1ccc(C(=O)c2ccc(N)cc2)[nH]1. The van der Waals surface area contributed by atoms with E-state index in [0.29, 0.717) is 22.6 Å². The maximum absolute atomic E-state index is 12.6. The Balaban J connectivity index is 1.77. The highest BCUT2D eigenvalue weighted by Gasteiger charge is 2.15. The van der Waals surface area contributed by atoms with E-state index >= 15 is 0 Å². The number of ketones is 1. The van der Waals surface area contributed by atoms with Gasteiger partial charge >= 0.3 is 0 Å².